The van der Waals surface area contributed by atoms with Crippen LogP contribution in [0.25, 0.3) is 0 Å². The maximum absolute atomic E-state index is 5.52. The predicted octanol–water partition coefficient (Wildman–Crippen LogP) is 4.62. The molecule has 0 aliphatic rings. The molecule has 3 nitrogen and oxygen atoms in total. The first kappa shape index (κ1) is 20.5. The lowest BCUT2D eigenvalue weighted by Gasteiger charge is -2.40. The molecule has 0 aromatic heterocycles. The van der Waals surface area contributed by atoms with Crippen molar-refractivity contribution >= 4 is 25.0 Å². The summed E-state index contributed by atoms with van der Waals surface area (Å²) < 4.78 is 16.6. The zero-order chi connectivity index (χ0) is 16.0. The van der Waals surface area contributed by atoms with Gasteiger partial charge in [-0.3, -0.25) is 0 Å². The highest BCUT2D eigenvalue weighted by atomic mass is 28.4. The molecule has 0 rings (SSSR count). The molecule has 0 aliphatic carbocycles. The van der Waals surface area contributed by atoms with Crippen LogP contribution in [0.4, 0.5) is 0 Å². The summed E-state index contributed by atoms with van der Waals surface area (Å²) in [7, 11) is 0.504. The van der Waals surface area contributed by atoms with Crippen molar-refractivity contribution < 1.29 is 13.3 Å². The van der Waals surface area contributed by atoms with E-state index < -0.39 is 25.0 Å². The molecule has 0 spiro atoms. The maximum Gasteiger partial charge on any atom is 0.500 e. The molecular weight excluding hydrogens is 300 g/mol. The number of hydrogen-bond acceptors (Lipinski definition) is 3. The Morgan fingerprint density at radius 1 is 0.800 bits per heavy atom. The van der Waals surface area contributed by atoms with Crippen molar-refractivity contribution in [2.24, 2.45) is 0 Å². The minimum absolute atomic E-state index is 0.938. The van der Waals surface area contributed by atoms with Crippen LogP contribution in [0.5, 0.6) is 0 Å². The van der Waals surface area contributed by atoms with Crippen molar-refractivity contribution in [2.45, 2.75) is 69.8 Å². The van der Waals surface area contributed by atoms with E-state index in [4.69, 9.17) is 13.3 Å². The summed E-state index contributed by atoms with van der Waals surface area (Å²) in [4.78, 5) is 0. The lowest BCUT2D eigenvalue weighted by atomic mass is 10.6. The molecule has 20 heavy (non-hydrogen) atoms. The van der Waals surface area contributed by atoms with Crippen LogP contribution in [0, 0.1) is 0 Å². The average Bonchev–Trinajstić information content (AvgIpc) is 2.43. The van der Waals surface area contributed by atoms with E-state index >= 15 is 0 Å². The summed E-state index contributed by atoms with van der Waals surface area (Å²) in [6, 6.07) is 3.67. The first-order chi connectivity index (χ1) is 9.10. The van der Waals surface area contributed by atoms with E-state index in [0.717, 1.165) is 11.2 Å². The van der Waals surface area contributed by atoms with Crippen LogP contribution in [0.2, 0.25) is 49.5 Å². The van der Waals surface area contributed by atoms with Gasteiger partial charge in [0.1, 0.15) is 0 Å². The monoisotopic (exact) mass is 336 g/mol. The summed E-state index contributed by atoms with van der Waals surface area (Å²) in [5.41, 5.74) is 0. The Bertz CT molecular complexity index is 271. The minimum atomic E-state index is -2.37. The van der Waals surface area contributed by atoms with Gasteiger partial charge in [-0.25, -0.2) is 0 Å². The Kier molecular flexibility index (Phi) is 8.46. The van der Waals surface area contributed by atoms with Gasteiger partial charge in [0.25, 0.3) is 0 Å². The summed E-state index contributed by atoms with van der Waals surface area (Å²) in [5.74, 6) is 0. The largest absolute Gasteiger partial charge is 0.500 e. The van der Waals surface area contributed by atoms with E-state index in [-0.39, 0.29) is 0 Å². The Morgan fingerprint density at radius 3 is 1.60 bits per heavy atom. The van der Waals surface area contributed by atoms with Crippen molar-refractivity contribution in [1.82, 2.24) is 0 Å². The van der Waals surface area contributed by atoms with Crippen molar-refractivity contribution in [3.8, 4) is 0 Å². The highest BCUT2D eigenvalue weighted by Crippen LogP contribution is 2.37. The molecule has 0 aromatic rings. The normalized spacial score (nSPS) is 15.4. The second-order valence-corrected chi connectivity index (χ2v) is 21.8. The molecule has 0 fully saturated rings. The van der Waals surface area contributed by atoms with E-state index in [2.05, 4.69) is 40.0 Å². The Labute approximate surface area is 129 Å². The van der Waals surface area contributed by atoms with Crippen LogP contribution in [-0.2, 0) is 13.3 Å². The van der Waals surface area contributed by atoms with Crippen molar-refractivity contribution in [3.63, 3.8) is 0 Å². The fourth-order valence-electron chi connectivity index (χ4n) is 2.90. The van der Waals surface area contributed by atoms with Gasteiger partial charge in [0.15, 0.2) is 0 Å². The van der Waals surface area contributed by atoms with E-state index in [1.165, 1.54) is 18.5 Å². The van der Waals surface area contributed by atoms with Crippen molar-refractivity contribution in [1.29, 1.82) is 0 Å². The molecule has 0 amide bonds. The van der Waals surface area contributed by atoms with Gasteiger partial charge < -0.3 is 13.3 Å². The fraction of sp³-hybridized carbons (Fsp3) is 1.00. The average molecular weight is 337 g/mol. The van der Waals surface area contributed by atoms with Crippen LogP contribution in [-0.4, -0.2) is 46.3 Å². The third-order valence-electron chi connectivity index (χ3n) is 5.49. The molecule has 0 saturated heterocycles. The van der Waals surface area contributed by atoms with E-state index in [1.54, 1.807) is 21.3 Å². The first-order valence-corrected chi connectivity index (χ1v) is 16.3. The molecule has 0 radical (unpaired) electrons. The van der Waals surface area contributed by atoms with Gasteiger partial charge in [-0.1, -0.05) is 63.7 Å². The second-order valence-electron chi connectivity index (χ2n) is 7.20. The summed E-state index contributed by atoms with van der Waals surface area (Å²) >= 11 is 0. The number of hydrogen-bond donors (Lipinski definition) is 0. The zero-order valence-corrected chi connectivity index (χ0v) is 18.1. The number of rotatable bonds is 10. The Balaban J connectivity index is 4.57. The van der Waals surface area contributed by atoms with Gasteiger partial charge in [-0.2, -0.15) is 0 Å². The van der Waals surface area contributed by atoms with E-state index in [9.17, 15) is 0 Å². The van der Waals surface area contributed by atoms with Gasteiger partial charge in [0.2, 0.25) is 0 Å². The molecule has 122 valence electrons. The van der Waals surface area contributed by atoms with Gasteiger partial charge in [-0.05, 0) is 0 Å². The molecule has 0 heterocycles. The van der Waals surface area contributed by atoms with Crippen LogP contribution in [0.3, 0.4) is 0 Å². The molecule has 0 bridgehead atoms. The molecule has 0 N–H and O–H groups in total. The van der Waals surface area contributed by atoms with Gasteiger partial charge >= 0.3 is 8.80 Å². The molecule has 0 aromatic carbocycles. The third kappa shape index (κ3) is 5.38. The highest BCUT2D eigenvalue weighted by molar-refractivity contribution is 6.97. The molecule has 0 aliphatic heterocycles. The lowest BCUT2D eigenvalue weighted by Crippen LogP contribution is -2.46. The Morgan fingerprint density at radius 2 is 1.25 bits per heavy atom. The Hall–Kier alpha value is 0.531. The minimum Gasteiger partial charge on any atom is -0.377 e. The summed E-state index contributed by atoms with van der Waals surface area (Å²) in [6.45, 7) is 15.1. The molecule has 0 saturated carbocycles. The maximum atomic E-state index is 5.52. The summed E-state index contributed by atoms with van der Waals surface area (Å²) in [5, 5.41) is 0.948. The summed E-state index contributed by atoms with van der Waals surface area (Å²) in [6.07, 6.45) is 1.17. The molecular formula is C14H36O3Si3. The fourth-order valence-corrected chi connectivity index (χ4v) is 16.6. The van der Waals surface area contributed by atoms with Crippen molar-refractivity contribution in [2.75, 3.05) is 21.3 Å². The topological polar surface area (TPSA) is 27.7 Å². The quantitative estimate of drug-likeness (QED) is 0.545. The van der Waals surface area contributed by atoms with Crippen molar-refractivity contribution in [3.05, 3.63) is 0 Å². The van der Waals surface area contributed by atoms with Crippen LogP contribution >= 0.6 is 0 Å². The van der Waals surface area contributed by atoms with E-state index in [0.29, 0.717) is 0 Å². The van der Waals surface area contributed by atoms with Gasteiger partial charge in [0, 0.05) is 43.5 Å². The smallest absolute Gasteiger partial charge is 0.377 e. The van der Waals surface area contributed by atoms with Crippen LogP contribution in [0.15, 0.2) is 0 Å². The third-order valence-corrected chi connectivity index (χ3v) is 21.2. The molecule has 1 atom stereocenters. The van der Waals surface area contributed by atoms with E-state index in [1.807, 2.05) is 0 Å². The van der Waals surface area contributed by atoms with Crippen LogP contribution < -0.4 is 0 Å². The first-order valence-electron chi connectivity index (χ1n) is 7.76. The second kappa shape index (κ2) is 8.24. The zero-order valence-electron chi connectivity index (χ0n) is 15.1. The predicted molar refractivity (Wildman–Crippen MR) is 95.9 cm³/mol. The van der Waals surface area contributed by atoms with Gasteiger partial charge in [-0.15, -0.1) is 0 Å². The molecule has 6 heteroatoms. The lowest BCUT2D eigenvalue weighted by molar-refractivity contribution is 0.123. The SMILES string of the molecule is CC[Si](C)(C)C(C)[Si](C)(C)CCC[Si](OC)(OC)OC. The van der Waals surface area contributed by atoms with Crippen LogP contribution in [0.1, 0.15) is 20.3 Å². The standard InChI is InChI=1S/C14H36O3Si3/c1-10-18(6,7)14(2)19(8,9)12-11-13-20(15-3,16-4)17-5/h14H,10-13H2,1-9H3. The molecule has 1 unspecified atom stereocenters. The highest BCUT2D eigenvalue weighted by Gasteiger charge is 2.41. The van der Waals surface area contributed by atoms with Gasteiger partial charge in [0.05, 0.1) is 0 Å².